The summed E-state index contributed by atoms with van der Waals surface area (Å²) >= 11 is 2.13. The van der Waals surface area contributed by atoms with Crippen LogP contribution >= 0.6 is 33.3 Å². The molecular formula is C11H11ClINO3S. The molecule has 18 heavy (non-hydrogen) atoms. The van der Waals surface area contributed by atoms with Gasteiger partial charge in [0.1, 0.15) is 5.25 Å². The number of hydrogen-bond acceptors (Lipinski definition) is 3. The highest BCUT2D eigenvalue weighted by Crippen LogP contribution is 2.30. The molecule has 1 amide bonds. The quantitative estimate of drug-likeness (QED) is 0.566. The average Bonchev–Trinajstić information content (AvgIpc) is 2.64. The van der Waals surface area contributed by atoms with Crippen molar-refractivity contribution in [3.05, 3.63) is 27.3 Å². The zero-order valence-electron chi connectivity index (χ0n) is 9.56. The normalized spacial score (nSPS) is 20.5. The molecule has 0 bridgehead atoms. The zero-order chi connectivity index (χ0) is 13.5. The minimum atomic E-state index is -3.69. The molecule has 1 unspecified atom stereocenters. The molecule has 0 radical (unpaired) electrons. The fraction of sp³-hybridized carbons (Fsp3) is 0.364. The molecule has 1 saturated heterocycles. The first kappa shape index (κ1) is 14.1. The number of amides is 1. The van der Waals surface area contributed by atoms with E-state index in [0.29, 0.717) is 0 Å². The van der Waals surface area contributed by atoms with E-state index in [-0.39, 0.29) is 18.9 Å². The first-order valence-electron chi connectivity index (χ1n) is 5.29. The summed E-state index contributed by atoms with van der Waals surface area (Å²) in [6.07, 6.45) is -0.0458. The topological polar surface area (TPSA) is 54.5 Å². The number of halogens is 2. The maximum atomic E-state index is 11.9. The van der Waals surface area contributed by atoms with Gasteiger partial charge in [-0.25, -0.2) is 8.42 Å². The van der Waals surface area contributed by atoms with Crippen molar-refractivity contribution in [3.8, 4) is 0 Å². The highest BCUT2D eigenvalue weighted by atomic mass is 127. The van der Waals surface area contributed by atoms with Gasteiger partial charge >= 0.3 is 0 Å². The van der Waals surface area contributed by atoms with Crippen molar-refractivity contribution >= 4 is 53.9 Å². The third-order valence-electron chi connectivity index (χ3n) is 2.88. The van der Waals surface area contributed by atoms with Crippen molar-refractivity contribution in [2.45, 2.75) is 18.6 Å². The molecule has 1 fully saturated rings. The highest BCUT2D eigenvalue weighted by Gasteiger charge is 2.38. The standard InChI is InChI=1S/C11H11ClINO3S/c1-7-2-3-9(13)10(4-7)14-6-8(5-11(14)15)18(12,16)17/h2-4,8H,5-6H2,1H3. The second-order valence-electron chi connectivity index (χ2n) is 4.26. The van der Waals surface area contributed by atoms with E-state index in [2.05, 4.69) is 22.6 Å². The molecule has 1 aliphatic rings. The Morgan fingerprint density at radius 2 is 2.11 bits per heavy atom. The van der Waals surface area contributed by atoms with Crippen LogP contribution in [0.4, 0.5) is 5.69 Å². The predicted molar refractivity (Wildman–Crippen MR) is 79.4 cm³/mol. The van der Waals surface area contributed by atoms with E-state index in [1.165, 1.54) is 4.90 Å². The highest BCUT2D eigenvalue weighted by molar-refractivity contribution is 14.1. The largest absolute Gasteiger partial charge is 0.310 e. The van der Waals surface area contributed by atoms with Gasteiger partial charge in [-0.05, 0) is 47.2 Å². The number of anilines is 1. The van der Waals surface area contributed by atoms with Crippen molar-refractivity contribution in [3.63, 3.8) is 0 Å². The first-order valence-corrected chi connectivity index (χ1v) is 8.74. The third kappa shape index (κ3) is 2.80. The summed E-state index contributed by atoms with van der Waals surface area (Å²) in [6, 6.07) is 5.73. The molecule has 0 spiro atoms. The number of aryl methyl sites for hydroxylation is 1. The van der Waals surface area contributed by atoms with Crippen LogP contribution in [0.2, 0.25) is 0 Å². The van der Waals surface area contributed by atoms with Crippen molar-refractivity contribution in [1.29, 1.82) is 0 Å². The summed E-state index contributed by atoms with van der Waals surface area (Å²) in [5.74, 6) is -0.201. The number of carbonyl (C=O) groups is 1. The second-order valence-corrected chi connectivity index (χ2v) is 8.33. The van der Waals surface area contributed by atoms with Gasteiger partial charge in [-0.3, -0.25) is 4.79 Å². The molecule has 0 saturated carbocycles. The van der Waals surface area contributed by atoms with Crippen LogP contribution in [-0.4, -0.2) is 26.1 Å². The summed E-state index contributed by atoms with van der Waals surface area (Å²) in [4.78, 5) is 13.4. The average molecular weight is 400 g/mol. The molecule has 1 aliphatic heterocycles. The van der Waals surface area contributed by atoms with Gasteiger partial charge in [-0.1, -0.05) is 6.07 Å². The summed E-state index contributed by atoms with van der Waals surface area (Å²) < 4.78 is 23.5. The molecule has 7 heteroatoms. The third-order valence-corrected chi connectivity index (χ3v) is 5.66. The Kier molecular flexibility index (Phi) is 3.89. The van der Waals surface area contributed by atoms with E-state index in [4.69, 9.17) is 10.7 Å². The maximum absolute atomic E-state index is 11.9. The minimum Gasteiger partial charge on any atom is -0.310 e. The lowest BCUT2D eigenvalue weighted by Gasteiger charge is -2.18. The van der Waals surface area contributed by atoms with Crippen LogP contribution in [0.1, 0.15) is 12.0 Å². The fourth-order valence-electron chi connectivity index (χ4n) is 1.93. The Morgan fingerprint density at radius 1 is 1.44 bits per heavy atom. The van der Waals surface area contributed by atoms with Crippen molar-refractivity contribution in [2.24, 2.45) is 0 Å². The van der Waals surface area contributed by atoms with Gasteiger partial charge in [0.2, 0.25) is 15.0 Å². The Balaban J connectivity index is 2.35. The van der Waals surface area contributed by atoms with Crippen LogP contribution < -0.4 is 4.90 Å². The molecule has 98 valence electrons. The second kappa shape index (κ2) is 4.97. The number of nitrogens with zero attached hydrogens (tertiary/aromatic N) is 1. The van der Waals surface area contributed by atoms with Gasteiger partial charge in [0, 0.05) is 27.2 Å². The number of rotatable bonds is 2. The van der Waals surface area contributed by atoms with Crippen LogP contribution in [-0.2, 0) is 13.8 Å². The van der Waals surface area contributed by atoms with Crippen LogP contribution in [0.5, 0.6) is 0 Å². The maximum Gasteiger partial charge on any atom is 0.237 e. The zero-order valence-corrected chi connectivity index (χ0v) is 13.3. The van der Waals surface area contributed by atoms with Gasteiger partial charge < -0.3 is 4.90 Å². The summed E-state index contributed by atoms with van der Waals surface area (Å²) in [5.41, 5.74) is 1.78. The minimum absolute atomic E-state index is 0.0458. The molecule has 1 aromatic rings. The van der Waals surface area contributed by atoms with Gasteiger partial charge in [0.05, 0.1) is 5.69 Å². The van der Waals surface area contributed by atoms with Crippen molar-refractivity contribution < 1.29 is 13.2 Å². The number of carbonyl (C=O) groups excluding carboxylic acids is 1. The summed E-state index contributed by atoms with van der Waals surface area (Å²) in [7, 11) is 1.63. The summed E-state index contributed by atoms with van der Waals surface area (Å²) in [6.45, 7) is 2.06. The molecule has 4 nitrogen and oxygen atoms in total. The lowest BCUT2D eigenvalue weighted by molar-refractivity contribution is -0.117. The molecule has 1 atom stereocenters. The van der Waals surface area contributed by atoms with E-state index in [1.807, 2.05) is 25.1 Å². The lowest BCUT2D eigenvalue weighted by atomic mass is 10.2. The Hall–Kier alpha value is -0.340. The number of benzene rings is 1. The van der Waals surface area contributed by atoms with E-state index >= 15 is 0 Å². The van der Waals surface area contributed by atoms with Gasteiger partial charge in [0.15, 0.2) is 0 Å². The molecule has 0 aliphatic carbocycles. The molecule has 2 rings (SSSR count). The van der Waals surface area contributed by atoms with E-state index in [9.17, 15) is 13.2 Å². The van der Waals surface area contributed by atoms with Gasteiger partial charge in [0.25, 0.3) is 0 Å². The Labute approximate surface area is 124 Å². The van der Waals surface area contributed by atoms with Crippen LogP contribution in [0.15, 0.2) is 18.2 Å². The van der Waals surface area contributed by atoms with Crippen LogP contribution in [0.25, 0.3) is 0 Å². The SMILES string of the molecule is Cc1ccc(I)c(N2CC(S(=O)(=O)Cl)CC2=O)c1. The molecular weight excluding hydrogens is 389 g/mol. The van der Waals surface area contributed by atoms with E-state index in [0.717, 1.165) is 14.8 Å². The predicted octanol–water partition coefficient (Wildman–Crippen LogP) is 2.27. The smallest absolute Gasteiger partial charge is 0.237 e. The Bertz CT molecular complexity index is 602. The van der Waals surface area contributed by atoms with E-state index in [1.54, 1.807) is 0 Å². The van der Waals surface area contributed by atoms with Crippen molar-refractivity contribution in [1.82, 2.24) is 0 Å². The molecule has 0 N–H and O–H groups in total. The van der Waals surface area contributed by atoms with E-state index < -0.39 is 14.3 Å². The first-order chi connectivity index (χ1) is 8.29. The molecule has 0 aromatic heterocycles. The lowest BCUT2D eigenvalue weighted by Crippen LogP contribution is -2.27. The fourth-order valence-corrected chi connectivity index (χ4v) is 3.58. The summed E-state index contributed by atoms with van der Waals surface area (Å²) in [5, 5.41) is -0.817. The number of hydrogen-bond donors (Lipinski definition) is 0. The van der Waals surface area contributed by atoms with Crippen molar-refractivity contribution in [2.75, 3.05) is 11.4 Å². The van der Waals surface area contributed by atoms with Crippen LogP contribution in [0.3, 0.4) is 0 Å². The van der Waals surface area contributed by atoms with Crippen LogP contribution in [0, 0.1) is 10.5 Å². The Morgan fingerprint density at radius 3 is 2.67 bits per heavy atom. The monoisotopic (exact) mass is 399 g/mol. The van der Waals surface area contributed by atoms with Gasteiger partial charge in [-0.15, -0.1) is 0 Å². The van der Waals surface area contributed by atoms with Gasteiger partial charge in [-0.2, -0.15) is 0 Å². The molecule has 1 heterocycles. The molecule has 1 aromatic carbocycles.